The van der Waals surface area contributed by atoms with Crippen LogP contribution in [0.15, 0.2) is 42.5 Å². The lowest BCUT2D eigenvalue weighted by molar-refractivity contribution is 0.273. The molecule has 0 atom stereocenters. The molecule has 29 heavy (non-hydrogen) atoms. The molecule has 0 fully saturated rings. The number of rotatable bonds is 11. The molecule has 3 aromatic rings. The lowest BCUT2D eigenvalue weighted by Gasteiger charge is -2.13. The molecule has 0 bridgehead atoms. The second-order valence-corrected chi connectivity index (χ2v) is 7.00. The summed E-state index contributed by atoms with van der Waals surface area (Å²) in [5.74, 6) is 1.99. The van der Waals surface area contributed by atoms with Gasteiger partial charge in [-0.15, -0.1) is 5.10 Å². The lowest BCUT2D eigenvalue weighted by Crippen LogP contribution is -2.14. The van der Waals surface area contributed by atoms with Gasteiger partial charge < -0.3 is 14.8 Å². The SMILES string of the molecule is CCCCCNCc1ccc(OCc2nnnn2-c2ccc(C)cc2)c(OC)c1. The Hall–Kier alpha value is -2.93. The molecule has 0 aliphatic rings. The minimum absolute atomic E-state index is 0.242. The van der Waals surface area contributed by atoms with Gasteiger partial charge in [0.2, 0.25) is 0 Å². The van der Waals surface area contributed by atoms with Gasteiger partial charge in [-0.25, -0.2) is 0 Å². The van der Waals surface area contributed by atoms with Gasteiger partial charge in [0, 0.05) is 6.54 Å². The normalized spacial score (nSPS) is 10.9. The Bertz CT molecular complexity index is 892. The average Bonchev–Trinajstić information content (AvgIpc) is 3.21. The number of methoxy groups -OCH3 is 1. The molecule has 0 unspecified atom stereocenters. The van der Waals surface area contributed by atoms with E-state index in [4.69, 9.17) is 9.47 Å². The topological polar surface area (TPSA) is 74.1 Å². The molecule has 0 aliphatic heterocycles. The van der Waals surface area contributed by atoms with Crippen molar-refractivity contribution in [3.63, 3.8) is 0 Å². The summed E-state index contributed by atoms with van der Waals surface area (Å²) in [6, 6.07) is 14.0. The highest BCUT2D eigenvalue weighted by Gasteiger charge is 2.12. The summed E-state index contributed by atoms with van der Waals surface area (Å²) in [7, 11) is 1.65. The number of tetrazole rings is 1. The number of unbranched alkanes of at least 4 members (excludes halogenated alkanes) is 2. The van der Waals surface area contributed by atoms with Crippen LogP contribution in [-0.4, -0.2) is 33.9 Å². The van der Waals surface area contributed by atoms with Crippen molar-refractivity contribution in [3.8, 4) is 17.2 Å². The Morgan fingerprint density at radius 2 is 1.86 bits per heavy atom. The van der Waals surface area contributed by atoms with Crippen LogP contribution in [0.2, 0.25) is 0 Å². The molecule has 1 N–H and O–H groups in total. The Morgan fingerprint density at radius 1 is 1.03 bits per heavy atom. The molecule has 0 radical (unpaired) electrons. The Kier molecular flexibility index (Phi) is 7.58. The Morgan fingerprint density at radius 3 is 2.62 bits per heavy atom. The van der Waals surface area contributed by atoms with Crippen LogP contribution in [-0.2, 0) is 13.2 Å². The lowest BCUT2D eigenvalue weighted by atomic mass is 10.2. The van der Waals surface area contributed by atoms with E-state index in [2.05, 4.69) is 27.8 Å². The fourth-order valence-electron chi connectivity index (χ4n) is 3.00. The first-order chi connectivity index (χ1) is 14.2. The first kappa shape index (κ1) is 20.8. The molecule has 0 saturated heterocycles. The number of aromatic nitrogens is 4. The summed E-state index contributed by atoms with van der Waals surface area (Å²) in [5.41, 5.74) is 3.25. The number of nitrogens with one attached hydrogen (secondary N) is 1. The van der Waals surface area contributed by atoms with Gasteiger partial charge in [0.05, 0.1) is 12.8 Å². The molecule has 1 aromatic heterocycles. The van der Waals surface area contributed by atoms with Crippen molar-refractivity contribution in [3.05, 3.63) is 59.4 Å². The molecule has 1 heterocycles. The molecular weight excluding hydrogens is 366 g/mol. The highest BCUT2D eigenvalue weighted by molar-refractivity contribution is 5.43. The van der Waals surface area contributed by atoms with Gasteiger partial charge in [0.1, 0.15) is 0 Å². The van der Waals surface area contributed by atoms with Crippen LogP contribution in [0.25, 0.3) is 5.69 Å². The van der Waals surface area contributed by atoms with Gasteiger partial charge in [-0.3, -0.25) is 0 Å². The van der Waals surface area contributed by atoms with E-state index < -0.39 is 0 Å². The van der Waals surface area contributed by atoms with Crippen LogP contribution in [0.4, 0.5) is 0 Å². The van der Waals surface area contributed by atoms with E-state index in [1.807, 2.05) is 49.4 Å². The highest BCUT2D eigenvalue weighted by atomic mass is 16.5. The molecule has 2 aromatic carbocycles. The molecule has 0 spiro atoms. The molecule has 0 saturated carbocycles. The predicted molar refractivity (Wildman–Crippen MR) is 112 cm³/mol. The average molecular weight is 396 g/mol. The van der Waals surface area contributed by atoms with E-state index in [9.17, 15) is 0 Å². The summed E-state index contributed by atoms with van der Waals surface area (Å²) in [5, 5.41) is 15.4. The number of nitrogens with zero attached hydrogens (tertiary/aromatic N) is 4. The number of hydrogen-bond acceptors (Lipinski definition) is 6. The van der Waals surface area contributed by atoms with E-state index in [0.717, 1.165) is 24.3 Å². The van der Waals surface area contributed by atoms with E-state index in [-0.39, 0.29) is 6.61 Å². The fraction of sp³-hybridized carbons (Fsp3) is 0.409. The van der Waals surface area contributed by atoms with Crippen LogP contribution in [0.5, 0.6) is 11.5 Å². The van der Waals surface area contributed by atoms with Gasteiger partial charge in [-0.2, -0.15) is 4.68 Å². The van der Waals surface area contributed by atoms with Crippen molar-refractivity contribution in [2.75, 3.05) is 13.7 Å². The third kappa shape index (κ3) is 5.77. The van der Waals surface area contributed by atoms with Crippen LogP contribution < -0.4 is 14.8 Å². The van der Waals surface area contributed by atoms with Crippen LogP contribution >= 0.6 is 0 Å². The van der Waals surface area contributed by atoms with E-state index in [0.29, 0.717) is 17.3 Å². The van der Waals surface area contributed by atoms with E-state index >= 15 is 0 Å². The van der Waals surface area contributed by atoms with Crippen LogP contribution in [0, 0.1) is 6.92 Å². The second kappa shape index (κ2) is 10.6. The molecule has 154 valence electrons. The van der Waals surface area contributed by atoms with Crippen molar-refractivity contribution in [2.24, 2.45) is 0 Å². The van der Waals surface area contributed by atoms with Crippen molar-refractivity contribution in [2.45, 2.75) is 46.3 Å². The molecule has 7 nitrogen and oxygen atoms in total. The summed E-state index contributed by atoms with van der Waals surface area (Å²) in [4.78, 5) is 0. The zero-order valence-electron chi connectivity index (χ0n) is 17.4. The van der Waals surface area contributed by atoms with E-state index in [1.54, 1.807) is 11.8 Å². The van der Waals surface area contributed by atoms with Crippen molar-refractivity contribution < 1.29 is 9.47 Å². The van der Waals surface area contributed by atoms with Crippen LogP contribution in [0.1, 0.15) is 43.1 Å². The highest BCUT2D eigenvalue weighted by Crippen LogP contribution is 2.28. The zero-order valence-corrected chi connectivity index (χ0v) is 17.4. The number of ether oxygens (including phenoxy) is 2. The minimum atomic E-state index is 0.242. The van der Waals surface area contributed by atoms with Gasteiger partial charge in [0.15, 0.2) is 23.9 Å². The molecule has 7 heteroatoms. The summed E-state index contributed by atoms with van der Waals surface area (Å²) < 4.78 is 13.2. The summed E-state index contributed by atoms with van der Waals surface area (Å²) >= 11 is 0. The van der Waals surface area contributed by atoms with Gasteiger partial charge in [0.25, 0.3) is 0 Å². The molecular formula is C22H29N5O2. The van der Waals surface area contributed by atoms with Gasteiger partial charge in [-0.1, -0.05) is 43.5 Å². The zero-order chi connectivity index (χ0) is 20.5. The Labute approximate surface area is 172 Å². The monoisotopic (exact) mass is 395 g/mol. The van der Waals surface area contributed by atoms with Crippen molar-refractivity contribution in [1.82, 2.24) is 25.5 Å². The van der Waals surface area contributed by atoms with Crippen molar-refractivity contribution in [1.29, 1.82) is 0 Å². The third-order valence-corrected chi connectivity index (χ3v) is 4.68. The van der Waals surface area contributed by atoms with Gasteiger partial charge in [-0.05, 0) is 60.1 Å². The fourth-order valence-corrected chi connectivity index (χ4v) is 3.00. The molecule has 0 aliphatic carbocycles. The third-order valence-electron chi connectivity index (χ3n) is 4.68. The number of benzene rings is 2. The first-order valence-electron chi connectivity index (χ1n) is 10.1. The van der Waals surface area contributed by atoms with E-state index in [1.165, 1.54) is 24.8 Å². The number of hydrogen-bond donors (Lipinski definition) is 1. The first-order valence-corrected chi connectivity index (χ1v) is 10.1. The second-order valence-electron chi connectivity index (χ2n) is 7.00. The summed E-state index contributed by atoms with van der Waals surface area (Å²) in [6.45, 7) is 6.33. The molecule has 3 rings (SSSR count). The maximum atomic E-state index is 5.96. The standard InChI is InChI=1S/C22H29N5O2/c1-4-5-6-13-23-15-18-9-12-20(21(14-18)28-3)29-16-22-24-25-26-27(22)19-10-7-17(2)8-11-19/h7-12,14,23H,4-6,13,15-16H2,1-3H3. The minimum Gasteiger partial charge on any atom is -0.493 e. The summed E-state index contributed by atoms with van der Waals surface area (Å²) in [6.07, 6.45) is 3.68. The predicted octanol–water partition coefficient (Wildman–Crippen LogP) is 3.84. The maximum Gasteiger partial charge on any atom is 0.194 e. The van der Waals surface area contributed by atoms with Gasteiger partial charge >= 0.3 is 0 Å². The van der Waals surface area contributed by atoms with Crippen molar-refractivity contribution >= 4 is 0 Å². The maximum absolute atomic E-state index is 5.96. The Balaban J connectivity index is 1.62. The quantitative estimate of drug-likeness (QED) is 0.497. The molecule has 0 amide bonds. The van der Waals surface area contributed by atoms with Crippen LogP contribution in [0.3, 0.4) is 0 Å². The number of aryl methyl sites for hydroxylation is 1. The largest absolute Gasteiger partial charge is 0.493 e. The smallest absolute Gasteiger partial charge is 0.194 e.